The minimum atomic E-state index is -3.95. The number of pyridine rings is 1. The lowest BCUT2D eigenvalue weighted by Gasteiger charge is -2.07. The molecule has 2 aromatic rings. The van der Waals surface area contributed by atoms with Crippen molar-refractivity contribution in [3.8, 4) is 0 Å². The number of sulfonamides is 1. The van der Waals surface area contributed by atoms with Crippen LogP contribution in [0.25, 0.3) is 0 Å². The fourth-order valence-corrected chi connectivity index (χ4v) is 2.34. The summed E-state index contributed by atoms with van der Waals surface area (Å²) in [5, 5.41) is 0. The monoisotopic (exact) mass is 270 g/mol. The lowest BCUT2D eigenvalue weighted by molar-refractivity contribution is 0.504. The number of anilines is 1. The molecule has 0 aliphatic rings. The molecule has 1 aromatic heterocycles. The molecule has 0 radical (unpaired) electrons. The molecular formula is C11H8F2N2O2S. The van der Waals surface area contributed by atoms with E-state index in [9.17, 15) is 17.2 Å². The molecule has 0 bridgehead atoms. The van der Waals surface area contributed by atoms with Crippen molar-refractivity contribution in [3.63, 3.8) is 0 Å². The highest BCUT2D eigenvalue weighted by Gasteiger charge is 2.16. The quantitative estimate of drug-likeness (QED) is 0.929. The Labute approximate surface area is 102 Å². The predicted octanol–water partition coefficient (Wildman–Crippen LogP) is 2.16. The van der Waals surface area contributed by atoms with Crippen LogP contribution < -0.4 is 4.72 Å². The molecule has 0 aliphatic heterocycles. The van der Waals surface area contributed by atoms with Gasteiger partial charge in [-0.1, -0.05) is 0 Å². The molecule has 1 N–H and O–H groups in total. The Kier molecular flexibility index (Phi) is 3.24. The smallest absolute Gasteiger partial charge is 0.262 e. The fourth-order valence-electron chi connectivity index (χ4n) is 1.28. The molecule has 7 heteroatoms. The minimum Gasteiger partial charge on any atom is -0.278 e. The van der Waals surface area contributed by atoms with Crippen LogP contribution in [0.15, 0.2) is 47.6 Å². The summed E-state index contributed by atoms with van der Waals surface area (Å²) in [6.45, 7) is 0. The maximum absolute atomic E-state index is 13.0. The highest BCUT2D eigenvalue weighted by atomic mass is 32.2. The predicted molar refractivity (Wildman–Crippen MR) is 61.4 cm³/mol. The summed E-state index contributed by atoms with van der Waals surface area (Å²) in [6, 6.07) is 5.39. The van der Waals surface area contributed by atoms with Crippen molar-refractivity contribution in [2.75, 3.05) is 4.72 Å². The Morgan fingerprint density at radius 1 is 1.11 bits per heavy atom. The van der Waals surface area contributed by atoms with Crippen LogP contribution in [-0.4, -0.2) is 13.4 Å². The van der Waals surface area contributed by atoms with Gasteiger partial charge in [0.15, 0.2) is 11.6 Å². The molecule has 0 atom stereocenters. The molecule has 0 saturated heterocycles. The third kappa shape index (κ3) is 2.62. The van der Waals surface area contributed by atoms with Gasteiger partial charge in [0.1, 0.15) is 0 Å². The molecule has 0 unspecified atom stereocenters. The first-order valence-corrected chi connectivity index (χ1v) is 6.35. The Morgan fingerprint density at radius 2 is 1.89 bits per heavy atom. The van der Waals surface area contributed by atoms with E-state index >= 15 is 0 Å². The molecule has 94 valence electrons. The van der Waals surface area contributed by atoms with Crippen LogP contribution in [0.4, 0.5) is 14.5 Å². The summed E-state index contributed by atoms with van der Waals surface area (Å²) < 4.78 is 51.6. The number of halogens is 2. The van der Waals surface area contributed by atoms with Gasteiger partial charge in [-0.25, -0.2) is 17.2 Å². The van der Waals surface area contributed by atoms with Crippen LogP contribution in [0.1, 0.15) is 0 Å². The van der Waals surface area contributed by atoms with Gasteiger partial charge in [-0.05, 0) is 30.3 Å². The average molecular weight is 270 g/mol. The Hall–Kier alpha value is -2.02. The number of aromatic nitrogens is 1. The summed E-state index contributed by atoms with van der Waals surface area (Å²) in [6.07, 6.45) is 2.78. The van der Waals surface area contributed by atoms with Gasteiger partial charge in [-0.2, -0.15) is 0 Å². The Morgan fingerprint density at radius 3 is 2.50 bits per heavy atom. The standard InChI is InChI=1S/C11H8F2N2O2S/c12-10-4-3-9(6-11(10)13)18(16,17)15-8-2-1-5-14-7-8/h1-7,15H. The van der Waals surface area contributed by atoms with Crippen molar-refractivity contribution in [2.24, 2.45) is 0 Å². The molecule has 1 heterocycles. The zero-order valence-corrected chi connectivity index (χ0v) is 9.79. The van der Waals surface area contributed by atoms with Crippen LogP contribution in [0.5, 0.6) is 0 Å². The third-order valence-electron chi connectivity index (χ3n) is 2.12. The van der Waals surface area contributed by atoms with Gasteiger partial charge in [-0.15, -0.1) is 0 Å². The number of rotatable bonds is 3. The summed E-state index contributed by atoms with van der Waals surface area (Å²) >= 11 is 0. The van der Waals surface area contributed by atoms with Gasteiger partial charge in [0.2, 0.25) is 0 Å². The normalized spacial score (nSPS) is 11.2. The Bertz CT molecular complexity index is 660. The molecule has 4 nitrogen and oxygen atoms in total. The first-order chi connectivity index (χ1) is 8.49. The second-order valence-corrected chi connectivity index (χ2v) is 5.11. The Balaban J connectivity index is 2.34. The van der Waals surface area contributed by atoms with Gasteiger partial charge >= 0.3 is 0 Å². The fraction of sp³-hybridized carbons (Fsp3) is 0. The second kappa shape index (κ2) is 4.69. The molecule has 1 aromatic carbocycles. The van der Waals surface area contributed by atoms with Gasteiger partial charge in [0.25, 0.3) is 10.0 Å². The molecule has 18 heavy (non-hydrogen) atoms. The van der Waals surface area contributed by atoms with Gasteiger partial charge in [-0.3, -0.25) is 9.71 Å². The van der Waals surface area contributed by atoms with Crippen molar-refractivity contribution in [2.45, 2.75) is 4.90 Å². The van der Waals surface area contributed by atoms with Gasteiger partial charge in [0, 0.05) is 6.20 Å². The summed E-state index contributed by atoms with van der Waals surface area (Å²) in [7, 11) is -3.95. The summed E-state index contributed by atoms with van der Waals surface area (Å²) in [5.41, 5.74) is 0.238. The SMILES string of the molecule is O=S(=O)(Nc1cccnc1)c1ccc(F)c(F)c1. The average Bonchev–Trinajstić information content (AvgIpc) is 2.33. The van der Waals surface area contributed by atoms with Gasteiger partial charge in [0.05, 0.1) is 16.8 Å². The third-order valence-corrected chi connectivity index (χ3v) is 3.49. The molecule has 0 fully saturated rings. The van der Waals surface area contributed by atoms with Crippen LogP contribution in [0.2, 0.25) is 0 Å². The number of hydrogen-bond donors (Lipinski definition) is 1. The first-order valence-electron chi connectivity index (χ1n) is 4.87. The number of nitrogens with zero attached hydrogens (tertiary/aromatic N) is 1. The maximum atomic E-state index is 13.0. The number of nitrogens with one attached hydrogen (secondary N) is 1. The van der Waals surface area contributed by atoms with E-state index in [4.69, 9.17) is 0 Å². The van der Waals surface area contributed by atoms with Gasteiger partial charge < -0.3 is 0 Å². The maximum Gasteiger partial charge on any atom is 0.262 e. The highest BCUT2D eigenvalue weighted by Crippen LogP contribution is 2.17. The van der Waals surface area contributed by atoms with Crippen molar-refractivity contribution in [3.05, 3.63) is 54.4 Å². The lowest BCUT2D eigenvalue weighted by atomic mass is 10.3. The van der Waals surface area contributed by atoms with E-state index in [1.165, 1.54) is 18.5 Å². The molecule has 0 amide bonds. The van der Waals surface area contributed by atoms with E-state index in [0.717, 1.165) is 12.1 Å². The van der Waals surface area contributed by atoms with E-state index in [2.05, 4.69) is 9.71 Å². The van der Waals surface area contributed by atoms with Crippen molar-refractivity contribution < 1.29 is 17.2 Å². The van der Waals surface area contributed by atoms with Crippen molar-refractivity contribution in [1.82, 2.24) is 4.98 Å². The van der Waals surface area contributed by atoms with Crippen molar-refractivity contribution in [1.29, 1.82) is 0 Å². The van der Waals surface area contributed by atoms with E-state index in [1.54, 1.807) is 6.07 Å². The van der Waals surface area contributed by atoms with Crippen LogP contribution in [0, 0.1) is 11.6 Å². The largest absolute Gasteiger partial charge is 0.278 e. The lowest BCUT2D eigenvalue weighted by Crippen LogP contribution is -2.13. The van der Waals surface area contributed by atoms with E-state index in [0.29, 0.717) is 6.07 Å². The highest BCUT2D eigenvalue weighted by molar-refractivity contribution is 7.92. The van der Waals surface area contributed by atoms with E-state index in [-0.39, 0.29) is 10.6 Å². The van der Waals surface area contributed by atoms with Crippen molar-refractivity contribution >= 4 is 15.7 Å². The first kappa shape index (κ1) is 12.4. The molecule has 2 rings (SSSR count). The zero-order valence-electron chi connectivity index (χ0n) is 8.97. The molecule has 0 spiro atoms. The van der Waals surface area contributed by atoms with E-state index < -0.39 is 21.7 Å². The van der Waals surface area contributed by atoms with E-state index in [1.807, 2.05) is 0 Å². The topological polar surface area (TPSA) is 59.1 Å². The second-order valence-electron chi connectivity index (χ2n) is 3.42. The van der Waals surface area contributed by atoms with Crippen LogP contribution in [0.3, 0.4) is 0 Å². The molecule has 0 saturated carbocycles. The molecule has 0 aliphatic carbocycles. The number of benzene rings is 1. The minimum absolute atomic E-state index is 0.238. The van der Waals surface area contributed by atoms with Crippen LogP contribution in [-0.2, 0) is 10.0 Å². The number of hydrogen-bond acceptors (Lipinski definition) is 3. The molecular weight excluding hydrogens is 262 g/mol. The summed E-state index contributed by atoms with van der Waals surface area (Å²) in [4.78, 5) is 3.38. The van der Waals surface area contributed by atoms with Crippen LogP contribution >= 0.6 is 0 Å². The summed E-state index contributed by atoms with van der Waals surface area (Å²) in [5.74, 6) is -2.32. The zero-order chi connectivity index (χ0) is 13.2.